The molecular formula is C6H8O2Si. The summed E-state index contributed by atoms with van der Waals surface area (Å²) in [7, 11) is 0.765. The van der Waals surface area contributed by atoms with Crippen LogP contribution >= 0.6 is 0 Å². The molecule has 48 valence electrons. The Kier molecular flexibility index (Phi) is 1.44. The van der Waals surface area contributed by atoms with Crippen molar-refractivity contribution < 1.29 is 10.2 Å². The smallest absolute Gasteiger partial charge is 0.115 e. The fraction of sp³-hybridized carbons (Fsp3) is 0. The maximum Gasteiger partial charge on any atom is 0.115 e. The lowest BCUT2D eigenvalue weighted by Crippen LogP contribution is -2.00. The van der Waals surface area contributed by atoms with Crippen LogP contribution in [0.3, 0.4) is 0 Å². The van der Waals surface area contributed by atoms with Gasteiger partial charge in [0.05, 0.1) is 0 Å². The van der Waals surface area contributed by atoms with Gasteiger partial charge in [0.25, 0.3) is 0 Å². The summed E-state index contributed by atoms with van der Waals surface area (Å²) in [6, 6.07) is 4.54. The summed E-state index contributed by atoms with van der Waals surface area (Å²) in [4.78, 5) is 0. The lowest BCUT2D eigenvalue weighted by atomic mass is 10.3. The topological polar surface area (TPSA) is 40.5 Å². The first-order chi connectivity index (χ1) is 4.20. The summed E-state index contributed by atoms with van der Waals surface area (Å²) in [5, 5.41) is 18.6. The molecule has 0 unspecified atom stereocenters. The van der Waals surface area contributed by atoms with E-state index in [2.05, 4.69) is 0 Å². The number of phenolic OH excluding ortho intramolecular Hbond substituents is 2. The number of aromatic hydroxyl groups is 2. The van der Waals surface area contributed by atoms with E-state index in [0.717, 1.165) is 15.4 Å². The molecule has 3 heteroatoms. The highest BCUT2D eigenvalue weighted by molar-refractivity contribution is 6.34. The number of hydrogen-bond acceptors (Lipinski definition) is 2. The van der Waals surface area contributed by atoms with Gasteiger partial charge >= 0.3 is 0 Å². The molecule has 0 radical (unpaired) electrons. The van der Waals surface area contributed by atoms with Crippen molar-refractivity contribution in [3.63, 3.8) is 0 Å². The molecule has 0 aliphatic carbocycles. The molecule has 0 aliphatic rings. The van der Waals surface area contributed by atoms with Crippen molar-refractivity contribution in [3.05, 3.63) is 18.2 Å². The van der Waals surface area contributed by atoms with Gasteiger partial charge in [-0.1, -0.05) is 0 Å². The van der Waals surface area contributed by atoms with Crippen LogP contribution in [0.25, 0.3) is 0 Å². The van der Waals surface area contributed by atoms with Gasteiger partial charge in [0.2, 0.25) is 0 Å². The summed E-state index contributed by atoms with van der Waals surface area (Å²) in [5.41, 5.74) is 0. The second-order valence-corrected chi connectivity index (χ2v) is 3.05. The first kappa shape index (κ1) is 6.16. The van der Waals surface area contributed by atoms with Crippen molar-refractivity contribution in [2.75, 3.05) is 0 Å². The molecule has 1 rings (SSSR count). The van der Waals surface area contributed by atoms with Gasteiger partial charge in [-0.15, -0.1) is 0 Å². The maximum absolute atomic E-state index is 8.97. The number of phenols is 2. The zero-order valence-electron chi connectivity index (χ0n) is 5.13. The standard InChI is InChI=1S/C6H8O2Si/c7-4-1-2-5(8)6(9)3-4/h1-3,7-8H,9H3. The van der Waals surface area contributed by atoms with Gasteiger partial charge in [-0.05, 0) is 23.4 Å². The molecule has 0 fully saturated rings. The predicted octanol–water partition coefficient (Wildman–Crippen LogP) is -0.911. The fourth-order valence-electron chi connectivity index (χ4n) is 0.640. The summed E-state index contributed by atoms with van der Waals surface area (Å²) in [5.74, 6) is 0.497. The van der Waals surface area contributed by atoms with E-state index in [4.69, 9.17) is 10.2 Å². The second-order valence-electron chi connectivity index (χ2n) is 1.97. The minimum atomic E-state index is 0.220. The molecule has 0 spiro atoms. The van der Waals surface area contributed by atoms with Crippen LogP contribution in [0.2, 0.25) is 0 Å². The third-order valence-electron chi connectivity index (χ3n) is 1.18. The van der Waals surface area contributed by atoms with Crippen molar-refractivity contribution in [2.24, 2.45) is 0 Å². The molecular weight excluding hydrogens is 132 g/mol. The Balaban J connectivity index is 3.17. The molecule has 0 saturated heterocycles. The average Bonchev–Trinajstić information content (AvgIpc) is 1.80. The van der Waals surface area contributed by atoms with Gasteiger partial charge in [-0.2, -0.15) is 0 Å². The first-order valence-corrected chi connectivity index (χ1v) is 3.69. The van der Waals surface area contributed by atoms with Crippen molar-refractivity contribution in [3.8, 4) is 11.5 Å². The predicted molar refractivity (Wildman–Crippen MR) is 39.3 cm³/mol. The normalized spacial score (nSPS) is 9.78. The molecule has 1 aromatic carbocycles. The minimum Gasteiger partial charge on any atom is -0.508 e. The van der Waals surface area contributed by atoms with E-state index >= 15 is 0 Å². The van der Waals surface area contributed by atoms with Crippen molar-refractivity contribution in [1.29, 1.82) is 0 Å². The molecule has 2 nitrogen and oxygen atoms in total. The average molecular weight is 140 g/mol. The molecule has 0 heterocycles. The summed E-state index contributed by atoms with van der Waals surface area (Å²) >= 11 is 0. The van der Waals surface area contributed by atoms with Gasteiger partial charge in [-0.3, -0.25) is 0 Å². The largest absolute Gasteiger partial charge is 0.508 e. The van der Waals surface area contributed by atoms with E-state index in [1.54, 1.807) is 6.07 Å². The van der Waals surface area contributed by atoms with E-state index in [1.165, 1.54) is 12.1 Å². The molecule has 2 N–H and O–H groups in total. The van der Waals surface area contributed by atoms with E-state index in [1.807, 2.05) is 0 Å². The number of benzene rings is 1. The minimum absolute atomic E-state index is 0.220. The third-order valence-corrected chi connectivity index (χ3v) is 1.98. The zero-order chi connectivity index (χ0) is 6.85. The van der Waals surface area contributed by atoms with Gasteiger partial charge in [0, 0.05) is 10.2 Å². The van der Waals surface area contributed by atoms with Gasteiger partial charge < -0.3 is 10.2 Å². The Bertz CT molecular complexity index is 222. The maximum atomic E-state index is 8.97. The van der Waals surface area contributed by atoms with Crippen LogP contribution in [-0.4, -0.2) is 20.5 Å². The van der Waals surface area contributed by atoms with Crippen LogP contribution in [0.15, 0.2) is 18.2 Å². The van der Waals surface area contributed by atoms with Gasteiger partial charge in [0.1, 0.15) is 11.5 Å². The summed E-state index contributed by atoms with van der Waals surface area (Å²) in [6.07, 6.45) is 0. The highest BCUT2D eigenvalue weighted by Crippen LogP contribution is 2.10. The summed E-state index contributed by atoms with van der Waals surface area (Å²) < 4.78 is 0. The molecule has 0 aliphatic heterocycles. The Morgan fingerprint density at radius 2 is 1.89 bits per heavy atom. The molecule has 0 saturated carbocycles. The number of hydrogen-bond donors (Lipinski definition) is 2. The van der Waals surface area contributed by atoms with Crippen molar-refractivity contribution in [1.82, 2.24) is 0 Å². The van der Waals surface area contributed by atoms with E-state index < -0.39 is 0 Å². The van der Waals surface area contributed by atoms with E-state index in [0.29, 0.717) is 0 Å². The lowest BCUT2D eigenvalue weighted by molar-refractivity contribution is 0.463. The van der Waals surface area contributed by atoms with E-state index in [-0.39, 0.29) is 11.5 Å². The first-order valence-electron chi connectivity index (χ1n) is 2.69. The van der Waals surface area contributed by atoms with Crippen LogP contribution in [0.5, 0.6) is 11.5 Å². The van der Waals surface area contributed by atoms with Crippen molar-refractivity contribution >= 4 is 15.4 Å². The highest BCUT2D eigenvalue weighted by atomic mass is 28.1. The molecule has 0 aromatic heterocycles. The lowest BCUT2D eigenvalue weighted by Gasteiger charge is -1.96. The van der Waals surface area contributed by atoms with Crippen LogP contribution in [0.1, 0.15) is 0 Å². The Morgan fingerprint density at radius 3 is 2.33 bits per heavy atom. The molecule has 0 bridgehead atoms. The highest BCUT2D eigenvalue weighted by Gasteiger charge is 1.93. The second kappa shape index (κ2) is 2.11. The van der Waals surface area contributed by atoms with Gasteiger partial charge in [0.15, 0.2) is 0 Å². The summed E-state index contributed by atoms with van der Waals surface area (Å²) in [6.45, 7) is 0. The molecule has 0 atom stereocenters. The SMILES string of the molecule is Oc1ccc(O)c([SiH3])c1. The van der Waals surface area contributed by atoms with Crippen LogP contribution in [-0.2, 0) is 0 Å². The zero-order valence-corrected chi connectivity index (χ0v) is 7.13. The number of rotatable bonds is 0. The van der Waals surface area contributed by atoms with Crippen molar-refractivity contribution in [2.45, 2.75) is 0 Å². The Labute approximate surface area is 56.2 Å². The van der Waals surface area contributed by atoms with Crippen LogP contribution in [0, 0.1) is 0 Å². The fourth-order valence-corrected chi connectivity index (χ4v) is 1.10. The monoisotopic (exact) mass is 140 g/mol. The molecule has 1 aromatic rings. The molecule has 9 heavy (non-hydrogen) atoms. The Hall–Kier alpha value is -0.963. The van der Waals surface area contributed by atoms with Crippen LogP contribution < -0.4 is 5.19 Å². The van der Waals surface area contributed by atoms with Crippen LogP contribution in [0.4, 0.5) is 0 Å². The quantitative estimate of drug-likeness (QED) is 0.362. The van der Waals surface area contributed by atoms with Gasteiger partial charge in [-0.25, -0.2) is 0 Å². The molecule has 0 amide bonds. The third kappa shape index (κ3) is 1.23. The Morgan fingerprint density at radius 1 is 1.22 bits per heavy atom. The van der Waals surface area contributed by atoms with E-state index in [9.17, 15) is 0 Å².